The first kappa shape index (κ1) is 21.0. The molecular weight excluding hydrogens is 442 g/mol. The van der Waals surface area contributed by atoms with E-state index in [1.54, 1.807) is 11.3 Å². The number of fused-ring (bicyclic) bond motifs is 2. The van der Waals surface area contributed by atoms with E-state index in [2.05, 4.69) is 6.07 Å². The fourth-order valence-electron chi connectivity index (χ4n) is 4.18. The molecule has 5 rings (SSSR count). The van der Waals surface area contributed by atoms with Crippen molar-refractivity contribution in [1.29, 1.82) is 0 Å². The number of carbonyl (C=O) groups excluding carboxylic acids is 1. The number of hydrogen-bond donors (Lipinski definition) is 0. The summed E-state index contributed by atoms with van der Waals surface area (Å²) >= 11 is 7.67. The molecule has 0 radical (unpaired) electrons. The molecule has 6 heteroatoms. The lowest BCUT2D eigenvalue weighted by Crippen LogP contribution is -2.08. The van der Waals surface area contributed by atoms with Gasteiger partial charge in [0.05, 0.1) is 18.0 Å². The maximum atomic E-state index is 12.7. The van der Waals surface area contributed by atoms with Gasteiger partial charge in [-0.2, -0.15) is 0 Å². The minimum atomic E-state index is -0.317. The number of thiophene rings is 1. The molecule has 1 aliphatic carbocycles. The fraction of sp³-hybridized carbons (Fsp3) is 0.231. The van der Waals surface area contributed by atoms with E-state index in [1.165, 1.54) is 12.0 Å². The molecule has 0 N–H and O–H groups in total. The average Bonchev–Trinajstić information content (AvgIpc) is 3.17. The van der Waals surface area contributed by atoms with Gasteiger partial charge in [-0.15, -0.1) is 11.3 Å². The van der Waals surface area contributed by atoms with Crippen LogP contribution in [0.25, 0.3) is 22.3 Å². The number of benzene rings is 2. The van der Waals surface area contributed by atoms with E-state index in [4.69, 9.17) is 25.7 Å². The molecule has 1 aliphatic rings. The largest absolute Gasteiger partial charge is 0.465 e. The molecule has 0 fully saturated rings. The van der Waals surface area contributed by atoms with Crippen LogP contribution in [-0.2, 0) is 17.6 Å². The van der Waals surface area contributed by atoms with Gasteiger partial charge in [0.15, 0.2) is 0 Å². The van der Waals surface area contributed by atoms with Gasteiger partial charge < -0.3 is 9.15 Å². The van der Waals surface area contributed by atoms with Gasteiger partial charge in [-0.25, -0.2) is 9.79 Å². The second-order valence-corrected chi connectivity index (χ2v) is 9.52. The van der Waals surface area contributed by atoms with E-state index in [1.807, 2.05) is 49.4 Å². The van der Waals surface area contributed by atoms with E-state index >= 15 is 0 Å². The van der Waals surface area contributed by atoms with Gasteiger partial charge in [-0.1, -0.05) is 23.2 Å². The molecule has 4 aromatic rings. The Hall–Kier alpha value is -2.89. The maximum Gasteiger partial charge on any atom is 0.341 e. The second-order valence-electron chi connectivity index (χ2n) is 8.00. The fourth-order valence-corrected chi connectivity index (χ4v) is 5.57. The average molecular weight is 464 g/mol. The Labute approximate surface area is 195 Å². The van der Waals surface area contributed by atoms with Crippen molar-refractivity contribution < 1.29 is 13.9 Å². The summed E-state index contributed by atoms with van der Waals surface area (Å²) in [5.41, 5.74) is 4.48. The summed E-state index contributed by atoms with van der Waals surface area (Å²) in [5.74, 6) is 0.375. The zero-order valence-electron chi connectivity index (χ0n) is 17.9. The van der Waals surface area contributed by atoms with Crippen molar-refractivity contribution in [3.63, 3.8) is 0 Å². The second kappa shape index (κ2) is 8.57. The summed E-state index contributed by atoms with van der Waals surface area (Å²) in [5, 5.41) is 3.05. The van der Waals surface area contributed by atoms with E-state index in [0.717, 1.165) is 58.7 Å². The number of hydrogen-bond acceptors (Lipinski definition) is 5. The van der Waals surface area contributed by atoms with Crippen LogP contribution in [0, 0.1) is 6.92 Å². The number of esters is 1. The van der Waals surface area contributed by atoms with Crippen molar-refractivity contribution in [2.24, 2.45) is 4.99 Å². The minimum Gasteiger partial charge on any atom is -0.465 e. The number of nitrogens with zero attached hydrogens (tertiary/aromatic N) is 1. The van der Waals surface area contributed by atoms with Crippen LogP contribution < -0.4 is 5.36 Å². The van der Waals surface area contributed by atoms with Crippen molar-refractivity contribution >= 4 is 44.9 Å². The van der Waals surface area contributed by atoms with Crippen LogP contribution in [0.3, 0.4) is 0 Å². The number of rotatable bonds is 3. The Kier molecular flexibility index (Phi) is 5.62. The lowest BCUT2D eigenvalue weighted by Gasteiger charge is -2.11. The third kappa shape index (κ3) is 3.87. The zero-order chi connectivity index (χ0) is 22.2. The summed E-state index contributed by atoms with van der Waals surface area (Å²) in [4.78, 5) is 19.0. The molecule has 162 valence electrons. The molecule has 0 aliphatic heterocycles. The molecule has 0 spiro atoms. The molecule has 2 heterocycles. The Morgan fingerprint density at radius 1 is 1.09 bits per heavy atom. The lowest BCUT2D eigenvalue weighted by molar-refractivity contribution is 0.0600. The summed E-state index contributed by atoms with van der Waals surface area (Å²) in [6.07, 6.45) is 4.10. The Morgan fingerprint density at radius 2 is 1.88 bits per heavy atom. The monoisotopic (exact) mass is 463 g/mol. The van der Waals surface area contributed by atoms with E-state index in [9.17, 15) is 4.79 Å². The highest BCUT2D eigenvalue weighted by atomic mass is 35.5. The van der Waals surface area contributed by atoms with Gasteiger partial charge in [-0.3, -0.25) is 0 Å². The molecule has 2 aromatic heterocycles. The van der Waals surface area contributed by atoms with E-state index < -0.39 is 0 Å². The zero-order valence-corrected chi connectivity index (χ0v) is 19.5. The van der Waals surface area contributed by atoms with Gasteiger partial charge in [0.1, 0.15) is 16.3 Å². The Morgan fingerprint density at radius 3 is 2.66 bits per heavy atom. The number of methoxy groups -OCH3 is 1. The standard InChI is InChI=1S/C26H22ClNO3S/c1-15-7-12-21-19(13-15)20(14-22(31-21)16-8-10-17(27)11-9-16)28-25-24(26(29)30-2)18-5-3-4-6-23(18)32-25/h7-14H,3-6H2,1-2H3/b28-20+. The molecule has 4 nitrogen and oxygen atoms in total. The maximum absolute atomic E-state index is 12.7. The Balaban J connectivity index is 1.78. The molecular formula is C26H22ClNO3S. The SMILES string of the molecule is COC(=O)c1c(/N=c2\cc(-c3ccc(Cl)cc3)oc3ccc(C)cc23)sc2c1CCCC2. The van der Waals surface area contributed by atoms with Crippen LogP contribution in [0.15, 0.2) is 57.9 Å². The smallest absolute Gasteiger partial charge is 0.341 e. The van der Waals surface area contributed by atoms with Crippen LogP contribution in [0.4, 0.5) is 5.00 Å². The minimum absolute atomic E-state index is 0.317. The molecule has 0 amide bonds. The predicted molar refractivity (Wildman–Crippen MR) is 129 cm³/mol. The quantitative estimate of drug-likeness (QED) is 0.307. The van der Waals surface area contributed by atoms with Crippen molar-refractivity contribution in [2.45, 2.75) is 32.6 Å². The summed E-state index contributed by atoms with van der Waals surface area (Å²) in [7, 11) is 1.43. The molecule has 0 bridgehead atoms. The molecule has 2 aromatic carbocycles. The number of halogens is 1. The lowest BCUT2D eigenvalue weighted by atomic mass is 9.95. The third-order valence-electron chi connectivity index (χ3n) is 5.79. The highest BCUT2D eigenvalue weighted by Crippen LogP contribution is 2.40. The predicted octanol–water partition coefficient (Wildman–Crippen LogP) is 7.02. The Bertz CT molecular complexity index is 1400. The normalized spacial score (nSPS) is 13.9. The first-order valence-corrected chi connectivity index (χ1v) is 11.8. The highest BCUT2D eigenvalue weighted by Gasteiger charge is 2.26. The number of ether oxygens (including phenoxy) is 1. The van der Waals surface area contributed by atoms with Crippen LogP contribution in [0.2, 0.25) is 5.02 Å². The summed E-state index contributed by atoms with van der Waals surface area (Å²) in [6, 6.07) is 15.5. The van der Waals surface area contributed by atoms with Crippen LogP contribution in [-0.4, -0.2) is 13.1 Å². The summed E-state index contributed by atoms with van der Waals surface area (Å²) < 4.78 is 11.3. The number of aryl methyl sites for hydroxylation is 2. The van der Waals surface area contributed by atoms with Crippen molar-refractivity contribution in [3.8, 4) is 11.3 Å². The van der Waals surface area contributed by atoms with Gasteiger partial charge in [0.2, 0.25) is 0 Å². The van der Waals surface area contributed by atoms with Crippen LogP contribution >= 0.6 is 22.9 Å². The first-order valence-electron chi connectivity index (χ1n) is 10.6. The van der Waals surface area contributed by atoms with Crippen LogP contribution in [0.1, 0.15) is 39.2 Å². The third-order valence-corrected chi connectivity index (χ3v) is 7.23. The molecule has 0 atom stereocenters. The summed E-state index contributed by atoms with van der Waals surface area (Å²) in [6.45, 7) is 2.04. The highest BCUT2D eigenvalue weighted by molar-refractivity contribution is 7.16. The van der Waals surface area contributed by atoms with Crippen LogP contribution in [0.5, 0.6) is 0 Å². The first-order chi connectivity index (χ1) is 15.5. The van der Waals surface area contributed by atoms with Crippen molar-refractivity contribution in [1.82, 2.24) is 0 Å². The molecule has 0 unspecified atom stereocenters. The topological polar surface area (TPSA) is 51.8 Å². The molecule has 0 saturated carbocycles. The van der Waals surface area contributed by atoms with Crippen molar-refractivity contribution in [2.75, 3.05) is 7.11 Å². The van der Waals surface area contributed by atoms with Gasteiger partial charge in [0.25, 0.3) is 0 Å². The van der Waals surface area contributed by atoms with Crippen molar-refractivity contribution in [3.05, 3.63) is 80.5 Å². The van der Waals surface area contributed by atoms with E-state index in [-0.39, 0.29) is 5.97 Å². The molecule has 32 heavy (non-hydrogen) atoms. The number of carbonyl (C=O) groups is 1. The molecule has 0 saturated heterocycles. The van der Waals surface area contributed by atoms with Gasteiger partial charge >= 0.3 is 5.97 Å². The van der Waals surface area contributed by atoms with Gasteiger partial charge in [-0.05, 0) is 74.6 Å². The van der Waals surface area contributed by atoms with Gasteiger partial charge in [0, 0.05) is 26.9 Å². The van der Waals surface area contributed by atoms with E-state index in [0.29, 0.717) is 21.3 Å².